The molecule has 2 heterocycles. The quantitative estimate of drug-likeness (QED) is 0.856. The number of amides is 2. The number of nitrogens with zero attached hydrogens (tertiary/aromatic N) is 2. The van der Waals surface area contributed by atoms with Gasteiger partial charge in [-0.3, -0.25) is 14.5 Å². The van der Waals surface area contributed by atoms with E-state index in [2.05, 4.69) is 10.2 Å². The molecule has 0 spiro atoms. The van der Waals surface area contributed by atoms with Gasteiger partial charge < -0.3 is 10.2 Å². The Hall–Kier alpha value is -1.10. The molecule has 2 atom stereocenters. The van der Waals surface area contributed by atoms with Gasteiger partial charge in [0.25, 0.3) is 0 Å². The highest BCUT2D eigenvalue weighted by molar-refractivity contribution is 5.81. The Labute approximate surface area is 128 Å². The molecular weight excluding hydrogens is 266 g/mol. The zero-order valence-electron chi connectivity index (χ0n) is 13.4. The molecule has 2 fully saturated rings. The van der Waals surface area contributed by atoms with E-state index < -0.39 is 0 Å². The van der Waals surface area contributed by atoms with Crippen LogP contribution >= 0.6 is 0 Å². The first-order chi connectivity index (χ1) is 10.1. The predicted octanol–water partition coefficient (Wildman–Crippen LogP) is 1.38. The number of carbonyl (C=O) groups excluding carboxylic acids is 2. The predicted molar refractivity (Wildman–Crippen MR) is 82.9 cm³/mol. The molecule has 2 saturated heterocycles. The average molecular weight is 295 g/mol. The monoisotopic (exact) mass is 295 g/mol. The molecule has 0 aromatic carbocycles. The molecule has 0 bridgehead atoms. The first-order valence-corrected chi connectivity index (χ1v) is 8.38. The Kier molecular flexibility index (Phi) is 6.03. The number of likely N-dealkylation sites (tertiary alicyclic amines) is 2. The third kappa shape index (κ3) is 4.70. The van der Waals surface area contributed by atoms with Gasteiger partial charge >= 0.3 is 0 Å². The van der Waals surface area contributed by atoms with Crippen molar-refractivity contribution in [2.75, 3.05) is 26.2 Å². The molecule has 0 aromatic rings. The van der Waals surface area contributed by atoms with E-state index in [0.29, 0.717) is 0 Å². The molecule has 5 nitrogen and oxygen atoms in total. The minimum absolute atomic E-state index is 0.0216. The van der Waals surface area contributed by atoms with Gasteiger partial charge in [0.2, 0.25) is 11.8 Å². The first-order valence-electron chi connectivity index (χ1n) is 8.38. The molecule has 5 heteroatoms. The Bertz CT molecular complexity index is 365. The highest BCUT2D eigenvalue weighted by Gasteiger charge is 2.30. The van der Waals surface area contributed by atoms with Gasteiger partial charge in [-0.25, -0.2) is 0 Å². The highest BCUT2D eigenvalue weighted by Crippen LogP contribution is 2.17. The largest absolute Gasteiger partial charge is 0.352 e. The van der Waals surface area contributed by atoms with Crippen molar-refractivity contribution in [2.24, 2.45) is 0 Å². The molecule has 21 heavy (non-hydrogen) atoms. The summed E-state index contributed by atoms with van der Waals surface area (Å²) in [7, 11) is 0. The van der Waals surface area contributed by atoms with Crippen LogP contribution in [0.1, 0.15) is 52.4 Å². The fourth-order valence-electron chi connectivity index (χ4n) is 3.47. The van der Waals surface area contributed by atoms with Crippen LogP contribution in [0, 0.1) is 0 Å². The number of nitrogens with one attached hydrogen (secondary N) is 1. The second kappa shape index (κ2) is 7.78. The average Bonchev–Trinajstić information content (AvgIpc) is 2.74. The SMILES string of the molecule is CC(=O)N[C@@H]1CCCN([C@H](C)C(=O)N2CCCCCC2)C1. The second-order valence-electron chi connectivity index (χ2n) is 6.45. The van der Waals surface area contributed by atoms with Crippen LogP contribution in [-0.2, 0) is 9.59 Å². The molecule has 0 saturated carbocycles. The summed E-state index contributed by atoms with van der Waals surface area (Å²) in [5, 5.41) is 2.99. The third-order valence-electron chi connectivity index (χ3n) is 4.68. The minimum atomic E-state index is -0.0698. The van der Waals surface area contributed by atoms with Crippen LogP contribution in [0.4, 0.5) is 0 Å². The lowest BCUT2D eigenvalue weighted by atomic mass is 10.0. The standard InChI is InChI=1S/C16H29N3O2/c1-13(16(21)18-9-5-3-4-6-10-18)19-11-7-8-15(12-19)17-14(2)20/h13,15H,3-12H2,1-2H3,(H,17,20)/t13-,15-/m1/s1. The summed E-state index contributed by atoms with van der Waals surface area (Å²) in [4.78, 5) is 28.2. The number of carbonyl (C=O) groups is 2. The van der Waals surface area contributed by atoms with Gasteiger partial charge in [0.1, 0.15) is 0 Å². The molecule has 2 aliphatic heterocycles. The van der Waals surface area contributed by atoms with E-state index >= 15 is 0 Å². The van der Waals surface area contributed by atoms with Crippen LogP contribution in [0.5, 0.6) is 0 Å². The van der Waals surface area contributed by atoms with Crippen LogP contribution in [-0.4, -0.2) is 59.9 Å². The summed E-state index contributed by atoms with van der Waals surface area (Å²) in [6.45, 7) is 7.14. The lowest BCUT2D eigenvalue weighted by Gasteiger charge is -2.38. The molecule has 0 radical (unpaired) electrons. The van der Waals surface area contributed by atoms with Crippen molar-refractivity contribution in [1.29, 1.82) is 0 Å². The zero-order valence-corrected chi connectivity index (χ0v) is 13.4. The van der Waals surface area contributed by atoms with E-state index in [1.807, 2.05) is 11.8 Å². The van der Waals surface area contributed by atoms with Gasteiger partial charge in [-0.1, -0.05) is 12.8 Å². The summed E-state index contributed by atoms with van der Waals surface area (Å²) >= 11 is 0. The van der Waals surface area contributed by atoms with Crippen molar-refractivity contribution in [3.63, 3.8) is 0 Å². The summed E-state index contributed by atoms with van der Waals surface area (Å²) < 4.78 is 0. The van der Waals surface area contributed by atoms with E-state index in [1.165, 1.54) is 12.8 Å². The van der Waals surface area contributed by atoms with Gasteiger partial charge in [-0.2, -0.15) is 0 Å². The Morgan fingerprint density at radius 3 is 2.33 bits per heavy atom. The van der Waals surface area contributed by atoms with E-state index in [4.69, 9.17) is 0 Å². The van der Waals surface area contributed by atoms with Crippen molar-refractivity contribution < 1.29 is 9.59 Å². The maximum Gasteiger partial charge on any atom is 0.239 e. The second-order valence-corrected chi connectivity index (χ2v) is 6.45. The molecule has 120 valence electrons. The summed E-state index contributed by atoms with van der Waals surface area (Å²) in [6, 6.07) is 0.121. The van der Waals surface area contributed by atoms with Gasteiger partial charge in [-0.15, -0.1) is 0 Å². The smallest absolute Gasteiger partial charge is 0.239 e. The van der Waals surface area contributed by atoms with Crippen molar-refractivity contribution in [1.82, 2.24) is 15.1 Å². The Morgan fingerprint density at radius 2 is 1.71 bits per heavy atom. The van der Waals surface area contributed by atoms with E-state index in [9.17, 15) is 9.59 Å². The molecule has 2 rings (SSSR count). The molecule has 1 N–H and O–H groups in total. The Morgan fingerprint density at radius 1 is 1.05 bits per heavy atom. The Balaban J connectivity index is 1.89. The molecule has 2 aliphatic rings. The lowest BCUT2D eigenvalue weighted by molar-refractivity contribution is -0.136. The fraction of sp³-hybridized carbons (Fsp3) is 0.875. The van der Waals surface area contributed by atoms with Crippen LogP contribution in [0.2, 0.25) is 0 Å². The van der Waals surface area contributed by atoms with Crippen molar-refractivity contribution in [2.45, 2.75) is 64.5 Å². The maximum absolute atomic E-state index is 12.7. The van der Waals surface area contributed by atoms with Crippen LogP contribution in [0.3, 0.4) is 0 Å². The normalized spacial score (nSPS) is 26.0. The highest BCUT2D eigenvalue weighted by atomic mass is 16.2. The van der Waals surface area contributed by atoms with Crippen molar-refractivity contribution in [3.8, 4) is 0 Å². The zero-order chi connectivity index (χ0) is 15.2. The lowest BCUT2D eigenvalue weighted by Crippen LogP contribution is -2.54. The minimum Gasteiger partial charge on any atom is -0.352 e. The van der Waals surface area contributed by atoms with Crippen molar-refractivity contribution in [3.05, 3.63) is 0 Å². The van der Waals surface area contributed by atoms with Crippen LogP contribution in [0.15, 0.2) is 0 Å². The van der Waals surface area contributed by atoms with E-state index in [0.717, 1.165) is 51.9 Å². The number of rotatable bonds is 3. The van der Waals surface area contributed by atoms with Gasteiger partial charge in [-0.05, 0) is 39.2 Å². The number of hydrogen-bond donors (Lipinski definition) is 1. The van der Waals surface area contributed by atoms with Gasteiger partial charge in [0.05, 0.1) is 6.04 Å². The fourth-order valence-corrected chi connectivity index (χ4v) is 3.47. The van der Waals surface area contributed by atoms with Crippen molar-refractivity contribution >= 4 is 11.8 Å². The molecule has 2 amide bonds. The molecular formula is C16H29N3O2. The molecule has 0 aromatic heterocycles. The maximum atomic E-state index is 12.7. The summed E-state index contributed by atoms with van der Waals surface area (Å²) in [5.41, 5.74) is 0. The first kappa shape index (κ1) is 16.3. The van der Waals surface area contributed by atoms with E-state index in [-0.39, 0.29) is 23.9 Å². The number of piperidine rings is 1. The third-order valence-corrected chi connectivity index (χ3v) is 4.68. The van der Waals surface area contributed by atoms with Gasteiger partial charge in [0, 0.05) is 32.6 Å². The van der Waals surface area contributed by atoms with Crippen LogP contribution < -0.4 is 5.32 Å². The molecule has 0 aliphatic carbocycles. The van der Waals surface area contributed by atoms with E-state index in [1.54, 1.807) is 6.92 Å². The molecule has 0 unspecified atom stereocenters. The topological polar surface area (TPSA) is 52.7 Å². The summed E-state index contributed by atoms with van der Waals surface area (Å²) in [6.07, 6.45) is 6.81. The van der Waals surface area contributed by atoms with Gasteiger partial charge in [0.15, 0.2) is 0 Å². The van der Waals surface area contributed by atoms with Crippen LogP contribution in [0.25, 0.3) is 0 Å². The number of hydrogen-bond acceptors (Lipinski definition) is 3. The summed E-state index contributed by atoms with van der Waals surface area (Å²) in [5.74, 6) is 0.286.